The molecular weight excluding hydrogens is 446 g/mol. The summed E-state index contributed by atoms with van der Waals surface area (Å²) in [7, 11) is 2.13. The zero-order valence-electron chi connectivity index (χ0n) is 18.7. The molecule has 0 bridgehead atoms. The first-order valence-corrected chi connectivity index (χ1v) is 11.8. The molecule has 0 amide bonds. The number of halogens is 1. The van der Waals surface area contributed by atoms with Gasteiger partial charge in [-0.3, -0.25) is 0 Å². The zero-order valence-corrected chi connectivity index (χ0v) is 19.4. The summed E-state index contributed by atoms with van der Waals surface area (Å²) >= 11 is 6.44. The minimum absolute atomic E-state index is 0.247. The monoisotopic (exact) mass is 477 g/mol. The molecule has 0 saturated carbocycles. The molecule has 0 radical (unpaired) electrons. The lowest BCUT2D eigenvalue weighted by Gasteiger charge is -2.40. The molecule has 2 aromatic rings. The largest absolute Gasteiger partial charge is 0.490 e. The lowest BCUT2D eigenvalue weighted by molar-refractivity contribution is -0.231. The maximum absolute atomic E-state index is 10.4. The molecule has 2 saturated heterocycles. The highest BCUT2D eigenvalue weighted by molar-refractivity contribution is 6.31. The van der Waals surface area contributed by atoms with Crippen LogP contribution < -0.4 is 4.74 Å². The fourth-order valence-corrected chi connectivity index (χ4v) is 4.67. The second kappa shape index (κ2) is 10.7. The summed E-state index contributed by atoms with van der Waals surface area (Å²) in [5, 5.41) is 40.6. The van der Waals surface area contributed by atoms with Crippen LogP contribution in [0.4, 0.5) is 0 Å². The van der Waals surface area contributed by atoms with E-state index < -0.39 is 37.1 Å². The number of ether oxygens (including phenoxy) is 2. The maximum atomic E-state index is 10.4. The molecule has 0 aromatic heterocycles. The number of likely N-dealkylation sites (tertiary alicyclic amines) is 1. The van der Waals surface area contributed by atoms with Crippen molar-refractivity contribution in [3.05, 3.63) is 64.2 Å². The summed E-state index contributed by atoms with van der Waals surface area (Å²) in [4.78, 5) is 2.31. The Morgan fingerprint density at radius 2 is 1.70 bits per heavy atom. The number of rotatable bonds is 6. The van der Waals surface area contributed by atoms with E-state index in [2.05, 4.69) is 11.9 Å². The quantitative estimate of drug-likeness (QED) is 0.504. The van der Waals surface area contributed by atoms with E-state index >= 15 is 0 Å². The van der Waals surface area contributed by atoms with Gasteiger partial charge in [0.15, 0.2) is 0 Å². The first-order chi connectivity index (χ1) is 15.9. The molecule has 33 heavy (non-hydrogen) atoms. The third kappa shape index (κ3) is 5.69. The second-order valence-electron chi connectivity index (χ2n) is 9.04. The van der Waals surface area contributed by atoms with Crippen molar-refractivity contribution in [1.82, 2.24) is 4.90 Å². The van der Waals surface area contributed by atoms with Gasteiger partial charge < -0.3 is 34.8 Å². The number of aliphatic hydroxyl groups excluding tert-OH is 4. The zero-order chi connectivity index (χ0) is 23.5. The van der Waals surface area contributed by atoms with E-state index in [4.69, 9.17) is 21.1 Å². The summed E-state index contributed by atoms with van der Waals surface area (Å²) in [5.74, 6) is 0.856. The number of hydrogen-bond donors (Lipinski definition) is 4. The highest BCUT2D eigenvalue weighted by atomic mass is 35.5. The molecule has 2 aliphatic rings. The van der Waals surface area contributed by atoms with Crippen molar-refractivity contribution in [3.63, 3.8) is 0 Å². The number of piperidine rings is 1. The third-order valence-corrected chi connectivity index (χ3v) is 6.95. The fraction of sp³-hybridized carbons (Fsp3) is 0.520. The standard InChI is InChI=1S/C25H32ClNO6/c1-27-10-8-19(9-11-27)32-18-5-2-15(3-6-18)12-17-13-16(4-7-20(17)26)25-24(31)23(30)22(29)21(14-28)33-25/h2-7,13,19,21-25,28-31H,8-12,14H2,1H3/t21?,22-,23+,24-,25+/m1/s1. The van der Waals surface area contributed by atoms with Gasteiger partial charge in [-0.1, -0.05) is 35.9 Å². The Balaban J connectivity index is 1.45. The topological polar surface area (TPSA) is 103 Å². The average Bonchev–Trinajstić information content (AvgIpc) is 2.82. The Bertz CT molecular complexity index is 916. The molecule has 8 heteroatoms. The van der Waals surface area contributed by atoms with Gasteiger partial charge in [0, 0.05) is 18.1 Å². The lowest BCUT2D eigenvalue weighted by atomic mass is 9.90. The Morgan fingerprint density at radius 3 is 2.36 bits per heavy atom. The number of hydrogen-bond acceptors (Lipinski definition) is 7. The first kappa shape index (κ1) is 24.4. The van der Waals surface area contributed by atoms with E-state index in [1.54, 1.807) is 12.1 Å². The van der Waals surface area contributed by atoms with Gasteiger partial charge in [-0.15, -0.1) is 0 Å². The SMILES string of the molecule is CN1CCC(Oc2ccc(Cc3cc([C@@H]4OC(CO)[C@@H](O)[C@H](O)[C@H]4O)ccc3Cl)cc2)CC1. The molecule has 4 rings (SSSR count). The predicted molar refractivity (Wildman–Crippen MR) is 125 cm³/mol. The summed E-state index contributed by atoms with van der Waals surface area (Å²) in [6, 6.07) is 13.3. The highest BCUT2D eigenvalue weighted by Crippen LogP contribution is 2.34. The number of nitrogens with zero attached hydrogens (tertiary/aromatic N) is 1. The second-order valence-corrected chi connectivity index (χ2v) is 9.45. The summed E-state index contributed by atoms with van der Waals surface area (Å²) in [5.41, 5.74) is 2.52. The van der Waals surface area contributed by atoms with Gasteiger partial charge in [-0.25, -0.2) is 0 Å². The van der Waals surface area contributed by atoms with Crippen LogP contribution in [0.3, 0.4) is 0 Å². The van der Waals surface area contributed by atoms with E-state index in [0.717, 1.165) is 42.8 Å². The maximum Gasteiger partial charge on any atom is 0.119 e. The molecule has 2 aliphatic heterocycles. The first-order valence-electron chi connectivity index (χ1n) is 11.4. The van der Waals surface area contributed by atoms with Crippen molar-refractivity contribution in [2.45, 2.75) is 55.9 Å². The molecule has 5 atom stereocenters. The number of aliphatic hydroxyl groups is 4. The van der Waals surface area contributed by atoms with Crippen LogP contribution >= 0.6 is 11.6 Å². The predicted octanol–water partition coefficient (Wildman–Crippen LogP) is 1.92. The van der Waals surface area contributed by atoms with Crippen LogP contribution in [0.2, 0.25) is 5.02 Å². The van der Waals surface area contributed by atoms with Gasteiger partial charge in [-0.2, -0.15) is 0 Å². The van der Waals surface area contributed by atoms with Crippen molar-refractivity contribution in [2.75, 3.05) is 26.7 Å². The van der Waals surface area contributed by atoms with Crippen LogP contribution in [0.25, 0.3) is 0 Å². The molecule has 2 heterocycles. The van der Waals surface area contributed by atoms with Gasteiger partial charge >= 0.3 is 0 Å². The van der Waals surface area contributed by atoms with Crippen molar-refractivity contribution < 1.29 is 29.9 Å². The molecule has 1 unspecified atom stereocenters. The van der Waals surface area contributed by atoms with Crippen LogP contribution in [-0.4, -0.2) is 82.6 Å². The Kier molecular flexibility index (Phi) is 7.91. The number of benzene rings is 2. The van der Waals surface area contributed by atoms with Crippen molar-refractivity contribution in [1.29, 1.82) is 0 Å². The van der Waals surface area contributed by atoms with Gasteiger partial charge in [-0.05, 0) is 61.2 Å². The van der Waals surface area contributed by atoms with E-state index in [-0.39, 0.29) is 6.10 Å². The van der Waals surface area contributed by atoms with E-state index in [1.807, 2.05) is 30.3 Å². The van der Waals surface area contributed by atoms with Crippen LogP contribution in [0.15, 0.2) is 42.5 Å². The Labute approximate surface area is 199 Å². The molecule has 180 valence electrons. The minimum Gasteiger partial charge on any atom is -0.490 e. The average molecular weight is 478 g/mol. The van der Waals surface area contributed by atoms with Gasteiger partial charge in [0.25, 0.3) is 0 Å². The Morgan fingerprint density at radius 1 is 1.00 bits per heavy atom. The van der Waals surface area contributed by atoms with Crippen LogP contribution in [0.5, 0.6) is 5.75 Å². The van der Waals surface area contributed by atoms with E-state index in [0.29, 0.717) is 17.0 Å². The molecule has 2 aromatic carbocycles. The van der Waals surface area contributed by atoms with Crippen LogP contribution in [0.1, 0.15) is 35.6 Å². The molecule has 0 aliphatic carbocycles. The molecule has 2 fully saturated rings. The molecule has 7 nitrogen and oxygen atoms in total. The van der Waals surface area contributed by atoms with Gasteiger partial charge in [0.2, 0.25) is 0 Å². The minimum atomic E-state index is -1.42. The third-order valence-electron chi connectivity index (χ3n) is 6.58. The van der Waals surface area contributed by atoms with Crippen LogP contribution in [0, 0.1) is 0 Å². The molecular formula is C25H32ClNO6. The van der Waals surface area contributed by atoms with Gasteiger partial charge in [0.1, 0.15) is 42.4 Å². The molecule has 4 N–H and O–H groups in total. The van der Waals surface area contributed by atoms with Crippen molar-refractivity contribution in [3.8, 4) is 5.75 Å². The summed E-state index contributed by atoms with van der Waals surface area (Å²) < 4.78 is 11.8. The molecule has 0 spiro atoms. The van der Waals surface area contributed by atoms with E-state index in [1.165, 1.54) is 0 Å². The Hall–Kier alpha value is -1.71. The normalized spacial score (nSPS) is 29.2. The van der Waals surface area contributed by atoms with Crippen molar-refractivity contribution in [2.24, 2.45) is 0 Å². The summed E-state index contributed by atoms with van der Waals surface area (Å²) in [6.07, 6.45) is -3.10. The van der Waals surface area contributed by atoms with E-state index in [9.17, 15) is 20.4 Å². The highest BCUT2D eigenvalue weighted by Gasteiger charge is 2.44. The lowest BCUT2D eigenvalue weighted by Crippen LogP contribution is -2.55. The summed E-state index contributed by atoms with van der Waals surface area (Å²) in [6.45, 7) is 1.63. The van der Waals surface area contributed by atoms with Gasteiger partial charge in [0.05, 0.1) is 6.61 Å². The fourth-order valence-electron chi connectivity index (χ4n) is 4.49. The smallest absolute Gasteiger partial charge is 0.119 e. The van der Waals surface area contributed by atoms with Crippen LogP contribution in [-0.2, 0) is 11.2 Å². The van der Waals surface area contributed by atoms with Crippen molar-refractivity contribution >= 4 is 11.6 Å².